The van der Waals surface area contributed by atoms with Crippen molar-refractivity contribution in [3.05, 3.63) is 24.2 Å². The predicted octanol–water partition coefficient (Wildman–Crippen LogP) is 1.60. The van der Waals surface area contributed by atoms with Crippen molar-refractivity contribution >= 4 is 9.84 Å². The fraction of sp³-hybridized carbons (Fsp3) is 0.692. The number of hydrogen-bond acceptors (Lipinski definition) is 5. The van der Waals surface area contributed by atoms with Crippen LogP contribution in [0.1, 0.15) is 26.0 Å². The number of sulfone groups is 1. The summed E-state index contributed by atoms with van der Waals surface area (Å²) in [7, 11) is -2.90. The van der Waals surface area contributed by atoms with Crippen LogP contribution in [0.5, 0.6) is 0 Å². The normalized spacial score (nSPS) is 13.6. The molecule has 110 valence electrons. The third-order valence-corrected chi connectivity index (χ3v) is 4.61. The molecule has 0 saturated carbocycles. The van der Waals surface area contributed by atoms with Crippen molar-refractivity contribution in [2.45, 2.75) is 32.9 Å². The number of ether oxygens (including phenoxy) is 1. The molecule has 0 radical (unpaired) electrons. The summed E-state index contributed by atoms with van der Waals surface area (Å²) in [4.78, 5) is 0. The van der Waals surface area contributed by atoms with Crippen LogP contribution < -0.4 is 5.32 Å². The van der Waals surface area contributed by atoms with Gasteiger partial charge in [-0.15, -0.1) is 0 Å². The molecule has 1 heterocycles. The number of hydrogen-bond donors (Lipinski definition) is 1. The highest BCUT2D eigenvalue weighted by atomic mass is 32.2. The summed E-state index contributed by atoms with van der Waals surface area (Å²) in [6.45, 7) is 5.41. The molecule has 5 nitrogen and oxygen atoms in total. The second-order valence-electron chi connectivity index (χ2n) is 4.54. The quantitative estimate of drug-likeness (QED) is 0.663. The van der Waals surface area contributed by atoms with Gasteiger partial charge in [0.15, 0.2) is 9.84 Å². The molecule has 0 aromatic carbocycles. The van der Waals surface area contributed by atoms with Crippen LogP contribution >= 0.6 is 0 Å². The van der Waals surface area contributed by atoms with E-state index < -0.39 is 9.84 Å². The lowest BCUT2D eigenvalue weighted by Gasteiger charge is -2.13. The molecule has 0 spiro atoms. The lowest BCUT2D eigenvalue weighted by Crippen LogP contribution is -2.34. The third-order valence-electron chi connectivity index (χ3n) is 2.73. The van der Waals surface area contributed by atoms with Crippen LogP contribution in [-0.2, 0) is 21.2 Å². The van der Waals surface area contributed by atoms with Crippen LogP contribution in [0.2, 0.25) is 0 Å². The van der Waals surface area contributed by atoms with E-state index in [1.807, 2.05) is 19.1 Å². The Bertz CT molecular complexity index is 428. The molecule has 1 atom stereocenters. The zero-order valence-electron chi connectivity index (χ0n) is 11.6. The molecule has 1 N–H and O–H groups in total. The maximum absolute atomic E-state index is 11.4. The molecule has 0 saturated heterocycles. The van der Waals surface area contributed by atoms with Crippen LogP contribution in [0.25, 0.3) is 0 Å². The molecular weight excluding hydrogens is 266 g/mol. The fourth-order valence-corrected chi connectivity index (χ4v) is 2.76. The Morgan fingerprint density at radius 1 is 1.47 bits per heavy atom. The molecule has 0 fully saturated rings. The Kier molecular flexibility index (Phi) is 7.12. The van der Waals surface area contributed by atoms with Crippen LogP contribution in [0.3, 0.4) is 0 Å². The van der Waals surface area contributed by atoms with Gasteiger partial charge < -0.3 is 14.5 Å². The van der Waals surface area contributed by atoms with Crippen molar-refractivity contribution in [2.24, 2.45) is 0 Å². The minimum absolute atomic E-state index is 0.0185. The van der Waals surface area contributed by atoms with Gasteiger partial charge in [0.25, 0.3) is 0 Å². The molecular formula is C13H23NO4S. The first kappa shape index (κ1) is 16.2. The van der Waals surface area contributed by atoms with Gasteiger partial charge in [0.05, 0.1) is 12.0 Å². The van der Waals surface area contributed by atoms with E-state index in [1.54, 1.807) is 13.2 Å². The van der Waals surface area contributed by atoms with Gasteiger partial charge in [-0.3, -0.25) is 0 Å². The summed E-state index contributed by atoms with van der Waals surface area (Å²) in [5, 5.41) is 3.18. The third kappa shape index (κ3) is 7.34. The average molecular weight is 289 g/mol. The predicted molar refractivity (Wildman–Crippen MR) is 74.8 cm³/mol. The molecule has 0 bridgehead atoms. The Balaban J connectivity index is 2.01. The van der Waals surface area contributed by atoms with E-state index in [9.17, 15) is 8.42 Å². The lowest BCUT2D eigenvalue weighted by molar-refractivity contribution is 0.104. The van der Waals surface area contributed by atoms with Gasteiger partial charge in [0.1, 0.15) is 12.4 Å². The Hall–Kier alpha value is -0.850. The molecule has 0 aliphatic rings. The van der Waals surface area contributed by atoms with E-state index in [0.717, 1.165) is 18.7 Å². The highest BCUT2D eigenvalue weighted by molar-refractivity contribution is 7.91. The van der Waals surface area contributed by atoms with Crippen molar-refractivity contribution in [1.29, 1.82) is 0 Å². The Morgan fingerprint density at radius 2 is 2.26 bits per heavy atom. The van der Waals surface area contributed by atoms with Crippen molar-refractivity contribution in [1.82, 2.24) is 5.32 Å². The van der Waals surface area contributed by atoms with E-state index >= 15 is 0 Å². The van der Waals surface area contributed by atoms with Crippen molar-refractivity contribution in [3.63, 3.8) is 0 Å². The summed E-state index contributed by atoms with van der Waals surface area (Å²) < 4.78 is 33.4. The number of rotatable bonds is 10. The summed E-state index contributed by atoms with van der Waals surface area (Å²) in [6.07, 6.45) is 2.47. The van der Waals surface area contributed by atoms with Crippen molar-refractivity contribution < 1.29 is 17.6 Å². The largest absolute Gasteiger partial charge is 0.467 e. The average Bonchev–Trinajstić information content (AvgIpc) is 2.86. The molecule has 6 heteroatoms. The summed E-state index contributed by atoms with van der Waals surface area (Å²) in [5.74, 6) is 1.21. The molecule has 1 aromatic rings. The zero-order chi connectivity index (χ0) is 14.1. The first-order chi connectivity index (χ1) is 9.03. The number of nitrogens with one attached hydrogen (secondary N) is 1. The maximum Gasteiger partial charge on any atom is 0.151 e. The molecule has 1 unspecified atom stereocenters. The molecule has 1 rings (SSSR count). The summed E-state index contributed by atoms with van der Waals surface area (Å²) in [5.41, 5.74) is 0. The Labute approximate surface area is 115 Å². The first-order valence-corrected chi connectivity index (χ1v) is 8.39. The van der Waals surface area contributed by atoms with Crippen LogP contribution in [0, 0.1) is 0 Å². The minimum atomic E-state index is -2.90. The maximum atomic E-state index is 11.4. The second-order valence-corrected chi connectivity index (χ2v) is 6.94. The molecule has 1 aromatic heterocycles. The van der Waals surface area contributed by atoms with Gasteiger partial charge in [0, 0.05) is 18.4 Å². The van der Waals surface area contributed by atoms with Gasteiger partial charge in [-0.1, -0.05) is 6.92 Å². The topological polar surface area (TPSA) is 68.5 Å². The smallest absolute Gasteiger partial charge is 0.151 e. The summed E-state index contributed by atoms with van der Waals surface area (Å²) in [6, 6.07) is 3.68. The molecule has 0 aliphatic carbocycles. The van der Waals surface area contributed by atoms with Crippen molar-refractivity contribution in [2.75, 3.05) is 24.7 Å². The van der Waals surface area contributed by atoms with Gasteiger partial charge in [0.2, 0.25) is 0 Å². The van der Waals surface area contributed by atoms with Crippen LogP contribution in [-0.4, -0.2) is 39.1 Å². The van der Waals surface area contributed by atoms with Crippen LogP contribution in [0.15, 0.2) is 22.8 Å². The second kappa shape index (κ2) is 8.35. The minimum Gasteiger partial charge on any atom is -0.467 e. The van der Waals surface area contributed by atoms with E-state index in [0.29, 0.717) is 13.2 Å². The Morgan fingerprint density at radius 3 is 2.89 bits per heavy atom. The SMILES string of the molecule is CCS(=O)(=O)CC(C)NCCCOCc1ccco1. The van der Waals surface area contributed by atoms with Gasteiger partial charge in [-0.05, 0) is 32.0 Å². The fourth-order valence-electron chi connectivity index (χ4n) is 1.65. The monoisotopic (exact) mass is 289 g/mol. The molecule has 0 aliphatic heterocycles. The zero-order valence-corrected chi connectivity index (χ0v) is 12.4. The van der Waals surface area contributed by atoms with E-state index in [4.69, 9.17) is 9.15 Å². The standard InChI is InChI=1S/C13H23NO4S/c1-3-19(15,16)11-12(2)14-7-5-8-17-10-13-6-4-9-18-13/h4,6,9,12,14H,3,5,7-8,10-11H2,1-2H3. The van der Waals surface area contributed by atoms with Gasteiger partial charge >= 0.3 is 0 Å². The highest BCUT2D eigenvalue weighted by Gasteiger charge is 2.12. The number of furan rings is 1. The van der Waals surface area contributed by atoms with Crippen molar-refractivity contribution in [3.8, 4) is 0 Å². The molecule has 19 heavy (non-hydrogen) atoms. The molecule has 0 amide bonds. The first-order valence-electron chi connectivity index (χ1n) is 6.57. The summed E-state index contributed by atoms with van der Waals surface area (Å²) >= 11 is 0. The van der Waals surface area contributed by atoms with E-state index in [-0.39, 0.29) is 17.5 Å². The van der Waals surface area contributed by atoms with E-state index in [1.165, 1.54) is 0 Å². The lowest BCUT2D eigenvalue weighted by atomic mass is 10.3. The van der Waals surface area contributed by atoms with E-state index in [2.05, 4.69) is 5.32 Å². The van der Waals surface area contributed by atoms with Gasteiger partial charge in [-0.2, -0.15) is 0 Å². The highest BCUT2D eigenvalue weighted by Crippen LogP contribution is 2.01. The van der Waals surface area contributed by atoms with Gasteiger partial charge in [-0.25, -0.2) is 8.42 Å². The van der Waals surface area contributed by atoms with Crippen LogP contribution in [0.4, 0.5) is 0 Å².